The van der Waals surface area contributed by atoms with Gasteiger partial charge in [0.15, 0.2) is 0 Å². The first kappa shape index (κ1) is 10.1. The van der Waals surface area contributed by atoms with E-state index < -0.39 is 11.5 Å². The third kappa shape index (κ3) is 1.78. The van der Waals surface area contributed by atoms with Gasteiger partial charge in [0.25, 0.3) is 0 Å². The minimum Gasteiger partial charge on any atom is -0.480 e. The summed E-state index contributed by atoms with van der Waals surface area (Å²) >= 11 is 1.60. The Bertz CT molecular complexity index is 136. The van der Waals surface area contributed by atoms with Crippen molar-refractivity contribution in [1.29, 1.82) is 0 Å². The van der Waals surface area contributed by atoms with Crippen LogP contribution < -0.4 is 5.73 Å². The van der Waals surface area contributed by atoms with Gasteiger partial charge in [-0.1, -0.05) is 0 Å². The molecule has 1 heterocycles. The Morgan fingerprint density at radius 1 is 1.70 bits per heavy atom. The maximum absolute atomic E-state index is 10.4. The quantitative estimate of drug-likeness (QED) is 0.615. The number of carboxylic acids is 1. The van der Waals surface area contributed by atoms with Gasteiger partial charge in [-0.2, -0.15) is 11.8 Å². The summed E-state index contributed by atoms with van der Waals surface area (Å²) in [5, 5.41) is 8.53. The largest absolute Gasteiger partial charge is 0.480 e. The lowest BCUT2D eigenvalue weighted by Gasteiger charge is -2.14. The average molecular weight is 184 g/mol. The maximum atomic E-state index is 10.4. The summed E-state index contributed by atoms with van der Waals surface area (Å²) in [6.07, 6.45) is 0.604. The molecule has 1 rings (SSSR count). The summed E-state index contributed by atoms with van der Waals surface area (Å²) in [7, 11) is 0. The summed E-state index contributed by atoms with van der Waals surface area (Å²) in [5.41, 5.74) is 4.56. The standard InChI is InChI=1S/C5H9NO2S.ClH/c6-5(4(7)8)1-2-9-3-5;/h1-3,6H2,(H,7,8);1H/t5-;/m1./s1. The zero-order valence-corrected chi connectivity index (χ0v) is 7.00. The molecular weight excluding hydrogens is 174 g/mol. The number of carboxylic acid groups (broad SMARTS) is 1. The highest BCUT2D eigenvalue weighted by molar-refractivity contribution is 7.99. The van der Waals surface area contributed by atoms with E-state index in [4.69, 9.17) is 10.8 Å². The van der Waals surface area contributed by atoms with Crippen LogP contribution in [0.25, 0.3) is 0 Å². The van der Waals surface area contributed by atoms with Crippen molar-refractivity contribution in [3.63, 3.8) is 0 Å². The Morgan fingerprint density at radius 2 is 2.30 bits per heavy atom. The monoisotopic (exact) mass is 183 g/mol. The second kappa shape index (κ2) is 3.46. The zero-order chi connectivity index (χ0) is 6.91. The number of nitrogens with two attached hydrogens (primary N) is 1. The third-order valence-corrected chi connectivity index (χ3v) is 2.69. The number of carbonyl (C=O) groups is 1. The second-order valence-electron chi connectivity index (χ2n) is 2.26. The molecule has 3 N–H and O–H groups in total. The summed E-state index contributed by atoms with van der Waals surface area (Å²) in [6.45, 7) is 0. The average Bonchev–Trinajstić information content (AvgIpc) is 2.16. The molecule has 0 unspecified atom stereocenters. The minimum absolute atomic E-state index is 0. The highest BCUT2D eigenvalue weighted by Crippen LogP contribution is 2.25. The molecule has 1 fully saturated rings. The molecule has 0 radical (unpaired) electrons. The van der Waals surface area contributed by atoms with Crippen LogP contribution in [0.5, 0.6) is 0 Å². The molecule has 0 aromatic carbocycles. The van der Waals surface area contributed by atoms with Gasteiger partial charge >= 0.3 is 5.97 Å². The zero-order valence-electron chi connectivity index (χ0n) is 5.37. The first-order chi connectivity index (χ1) is 4.15. The molecule has 1 atom stereocenters. The van der Waals surface area contributed by atoms with E-state index in [-0.39, 0.29) is 12.4 Å². The van der Waals surface area contributed by atoms with Crippen LogP contribution in [0.4, 0.5) is 0 Å². The van der Waals surface area contributed by atoms with Gasteiger partial charge in [-0.15, -0.1) is 12.4 Å². The summed E-state index contributed by atoms with van der Waals surface area (Å²) in [6, 6.07) is 0. The van der Waals surface area contributed by atoms with Crippen molar-refractivity contribution in [2.45, 2.75) is 12.0 Å². The molecule has 1 aliphatic heterocycles. The van der Waals surface area contributed by atoms with Gasteiger partial charge in [-0.25, -0.2) is 0 Å². The van der Waals surface area contributed by atoms with E-state index in [1.54, 1.807) is 11.8 Å². The predicted octanol–water partition coefficient (Wildman–Crippen LogP) is 0.327. The smallest absolute Gasteiger partial charge is 0.324 e. The lowest BCUT2D eigenvalue weighted by molar-refractivity contribution is -0.142. The number of aliphatic carboxylic acids is 1. The number of halogens is 1. The van der Waals surface area contributed by atoms with Crippen molar-refractivity contribution in [3.8, 4) is 0 Å². The molecule has 1 aliphatic rings. The Balaban J connectivity index is 0.000000810. The highest BCUT2D eigenvalue weighted by atomic mass is 35.5. The first-order valence-electron chi connectivity index (χ1n) is 2.75. The lowest BCUT2D eigenvalue weighted by atomic mass is 10.0. The topological polar surface area (TPSA) is 63.3 Å². The summed E-state index contributed by atoms with van der Waals surface area (Å²) < 4.78 is 0. The van der Waals surface area contributed by atoms with E-state index in [1.165, 1.54) is 0 Å². The fourth-order valence-electron chi connectivity index (χ4n) is 0.749. The molecule has 0 aliphatic carbocycles. The SMILES string of the molecule is Cl.N[C@]1(C(=O)O)CCSC1. The summed E-state index contributed by atoms with van der Waals surface area (Å²) in [4.78, 5) is 10.4. The molecule has 0 amide bonds. The highest BCUT2D eigenvalue weighted by Gasteiger charge is 2.37. The normalized spacial score (nSPS) is 31.3. The van der Waals surface area contributed by atoms with Crippen LogP contribution in [0.15, 0.2) is 0 Å². The molecule has 0 aromatic heterocycles. The van der Waals surface area contributed by atoms with Crippen molar-refractivity contribution in [1.82, 2.24) is 0 Å². The second-order valence-corrected chi connectivity index (χ2v) is 3.37. The molecule has 5 heteroatoms. The lowest BCUT2D eigenvalue weighted by Crippen LogP contribution is -2.47. The van der Waals surface area contributed by atoms with E-state index in [2.05, 4.69) is 0 Å². The molecule has 3 nitrogen and oxygen atoms in total. The number of hydrogen-bond acceptors (Lipinski definition) is 3. The fourth-order valence-corrected chi connectivity index (χ4v) is 2.03. The van der Waals surface area contributed by atoms with Crippen molar-refractivity contribution in [2.24, 2.45) is 5.73 Å². The number of hydrogen-bond donors (Lipinski definition) is 2. The van der Waals surface area contributed by atoms with Gasteiger partial charge in [0, 0.05) is 5.75 Å². The van der Waals surface area contributed by atoms with E-state index in [0.717, 1.165) is 5.75 Å². The molecule has 0 aromatic rings. The van der Waals surface area contributed by atoms with Crippen LogP contribution in [0, 0.1) is 0 Å². The van der Waals surface area contributed by atoms with Gasteiger partial charge < -0.3 is 10.8 Å². The van der Waals surface area contributed by atoms with Gasteiger partial charge in [0.1, 0.15) is 5.54 Å². The minimum atomic E-state index is -0.926. The third-order valence-electron chi connectivity index (χ3n) is 1.48. The van der Waals surface area contributed by atoms with Crippen LogP contribution in [-0.4, -0.2) is 28.1 Å². The van der Waals surface area contributed by atoms with E-state index in [9.17, 15) is 4.79 Å². The number of thioether (sulfide) groups is 1. The van der Waals surface area contributed by atoms with Crippen molar-refractivity contribution in [2.75, 3.05) is 11.5 Å². The Morgan fingerprint density at radius 3 is 2.50 bits per heavy atom. The Labute approximate surface area is 69.8 Å². The summed E-state index contributed by atoms with van der Waals surface area (Å²) in [5.74, 6) is 0.568. The van der Waals surface area contributed by atoms with Crippen LogP contribution in [0.2, 0.25) is 0 Å². The molecule has 0 bridgehead atoms. The van der Waals surface area contributed by atoms with Crippen LogP contribution in [0.3, 0.4) is 0 Å². The van der Waals surface area contributed by atoms with Gasteiger partial charge in [-0.05, 0) is 12.2 Å². The molecule has 10 heavy (non-hydrogen) atoms. The van der Waals surface area contributed by atoms with Crippen molar-refractivity contribution in [3.05, 3.63) is 0 Å². The first-order valence-corrected chi connectivity index (χ1v) is 3.91. The van der Waals surface area contributed by atoms with Gasteiger partial charge in [0.2, 0.25) is 0 Å². The van der Waals surface area contributed by atoms with Crippen molar-refractivity contribution >= 4 is 30.1 Å². The number of rotatable bonds is 1. The molecule has 60 valence electrons. The Kier molecular flexibility index (Phi) is 3.48. The van der Waals surface area contributed by atoms with Crippen LogP contribution in [-0.2, 0) is 4.79 Å². The fraction of sp³-hybridized carbons (Fsp3) is 0.800. The van der Waals surface area contributed by atoms with Crippen LogP contribution >= 0.6 is 24.2 Å². The molecule has 0 spiro atoms. The van der Waals surface area contributed by atoms with E-state index >= 15 is 0 Å². The molecule has 0 saturated carbocycles. The maximum Gasteiger partial charge on any atom is 0.324 e. The molecule has 1 saturated heterocycles. The van der Waals surface area contributed by atoms with Gasteiger partial charge in [-0.3, -0.25) is 4.79 Å². The van der Waals surface area contributed by atoms with Crippen molar-refractivity contribution < 1.29 is 9.90 Å². The predicted molar refractivity (Wildman–Crippen MR) is 43.7 cm³/mol. The molecular formula is C5H10ClNO2S. The van der Waals surface area contributed by atoms with E-state index in [1.807, 2.05) is 0 Å². The van der Waals surface area contributed by atoms with Crippen LogP contribution in [0.1, 0.15) is 6.42 Å². The Hall–Kier alpha value is 0.0700. The van der Waals surface area contributed by atoms with Gasteiger partial charge in [0.05, 0.1) is 0 Å². The van der Waals surface area contributed by atoms with E-state index in [0.29, 0.717) is 12.2 Å².